The number of carbonyl (C=O) groups is 1. The number of guanidine groups is 1. The third kappa shape index (κ3) is 5.51. The van der Waals surface area contributed by atoms with Gasteiger partial charge < -0.3 is 15.1 Å². The van der Waals surface area contributed by atoms with Gasteiger partial charge >= 0.3 is 0 Å². The Kier molecular flexibility index (Phi) is 6.58. The lowest BCUT2D eigenvalue weighted by Gasteiger charge is -2.25. The first kappa shape index (κ1) is 18.2. The minimum absolute atomic E-state index is 0.0418. The van der Waals surface area contributed by atoms with E-state index in [0.717, 1.165) is 18.4 Å². The third-order valence-corrected chi connectivity index (χ3v) is 4.22. The van der Waals surface area contributed by atoms with E-state index in [1.54, 1.807) is 20.2 Å². The summed E-state index contributed by atoms with van der Waals surface area (Å²) in [5.41, 5.74) is 0.873. The molecule has 0 bridgehead atoms. The number of carbonyl (C=O) groups excluding carboxylic acids is 1. The van der Waals surface area contributed by atoms with Crippen molar-refractivity contribution in [3.05, 3.63) is 35.6 Å². The van der Waals surface area contributed by atoms with Crippen molar-refractivity contribution >= 4 is 11.9 Å². The molecule has 24 heavy (non-hydrogen) atoms. The van der Waals surface area contributed by atoms with Crippen LogP contribution in [0.2, 0.25) is 0 Å². The highest BCUT2D eigenvalue weighted by atomic mass is 19.1. The average Bonchev–Trinajstić information content (AvgIpc) is 3.03. The molecule has 5 nitrogen and oxygen atoms in total. The summed E-state index contributed by atoms with van der Waals surface area (Å²) in [4.78, 5) is 19.8. The second kappa shape index (κ2) is 8.66. The van der Waals surface area contributed by atoms with E-state index in [4.69, 9.17) is 0 Å². The Hall–Kier alpha value is -2.11. The van der Waals surface area contributed by atoms with E-state index in [1.165, 1.54) is 29.9 Å². The first-order valence-corrected chi connectivity index (χ1v) is 8.42. The number of rotatable bonds is 5. The second-order valence-corrected chi connectivity index (χ2v) is 6.54. The standard InChI is InChI=1S/C18H27FN4O/c1-22(2)17(24)12-20-18(21-16-9-4-5-10-16)23(3)13-14-7-6-8-15(19)11-14/h6-8,11,16H,4-5,9-10,12-13H2,1-3H3,(H,20,21). The van der Waals surface area contributed by atoms with Crippen molar-refractivity contribution in [1.29, 1.82) is 0 Å². The lowest BCUT2D eigenvalue weighted by atomic mass is 10.2. The van der Waals surface area contributed by atoms with Crippen molar-refractivity contribution in [3.8, 4) is 0 Å². The summed E-state index contributed by atoms with van der Waals surface area (Å²) >= 11 is 0. The number of likely N-dealkylation sites (N-methyl/N-ethyl adjacent to an activating group) is 1. The van der Waals surface area contributed by atoms with Gasteiger partial charge in [-0.15, -0.1) is 0 Å². The van der Waals surface area contributed by atoms with E-state index in [9.17, 15) is 9.18 Å². The molecular weight excluding hydrogens is 307 g/mol. The molecule has 1 aliphatic carbocycles. The Bertz CT molecular complexity index is 582. The average molecular weight is 334 g/mol. The van der Waals surface area contributed by atoms with Crippen molar-refractivity contribution in [2.75, 3.05) is 27.7 Å². The van der Waals surface area contributed by atoms with E-state index in [1.807, 2.05) is 18.0 Å². The Balaban J connectivity index is 2.07. The molecule has 0 aliphatic heterocycles. The minimum atomic E-state index is -0.245. The van der Waals surface area contributed by atoms with Gasteiger partial charge in [-0.05, 0) is 30.5 Å². The molecule has 0 spiro atoms. The first-order valence-electron chi connectivity index (χ1n) is 8.42. The van der Waals surface area contributed by atoms with Gasteiger partial charge in [0.05, 0.1) is 0 Å². The van der Waals surface area contributed by atoms with Gasteiger partial charge in [0.25, 0.3) is 0 Å². The number of hydrogen-bond acceptors (Lipinski definition) is 2. The first-order chi connectivity index (χ1) is 11.5. The van der Waals surface area contributed by atoms with Crippen LogP contribution in [0.1, 0.15) is 31.2 Å². The van der Waals surface area contributed by atoms with Crippen molar-refractivity contribution in [1.82, 2.24) is 15.1 Å². The molecule has 0 aromatic heterocycles. The van der Waals surface area contributed by atoms with E-state index in [2.05, 4.69) is 10.3 Å². The Morgan fingerprint density at radius 3 is 2.62 bits per heavy atom. The lowest BCUT2D eigenvalue weighted by Crippen LogP contribution is -2.43. The van der Waals surface area contributed by atoms with Crippen molar-refractivity contribution in [2.45, 2.75) is 38.3 Å². The molecule has 132 valence electrons. The quantitative estimate of drug-likeness (QED) is 0.664. The fourth-order valence-corrected chi connectivity index (χ4v) is 2.80. The molecule has 1 aromatic carbocycles. The van der Waals surface area contributed by atoms with Gasteiger partial charge in [0.15, 0.2) is 5.96 Å². The summed E-state index contributed by atoms with van der Waals surface area (Å²) < 4.78 is 13.4. The number of nitrogens with one attached hydrogen (secondary N) is 1. The summed E-state index contributed by atoms with van der Waals surface area (Å²) in [5, 5.41) is 3.46. The fraction of sp³-hybridized carbons (Fsp3) is 0.556. The Labute approximate surface area is 143 Å². The zero-order valence-electron chi connectivity index (χ0n) is 14.8. The van der Waals surface area contributed by atoms with Crippen LogP contribution < -0.4 is 5.32 Å². The van der Waals surface area contributed by atoms with E-state index < -0.39 is 0 Å². The predicted octanol–water partition coefficient (Wildman–Crippen LogP) is 2.23. The van der Waals surface area contributed by atoms with Crippen LogP contribution in [0.25, 0.3) is 0 Å². The highest BCUT2D eigenvalue weighted by Crippen LogP contribution is 2.18. The van der Waals surface area contributed by atoms with E-state index in [0.29, 0.717) is 18.5 Å². The van der Waals surface area contributed by atoms with Crippen LogP contribution in [0.3, 0.4) is 0 Å². The zero-order valence-corrected chi connectivity index (χ0v) is 14.8. The predicted molar refractivity (Wildman–Crippen MR) is 94.3 cm³/mol. The largest absolute Gasteiger partial charge is 0.353 e. The maximum Gasteiger partial charge on any atom is 0.243 e. The molecular formula is C18H27FN4O. The third-order valence-electron chi connectivity index (χ3n) is 4.22. The Morgan fingerprint density at radius 2 is 2.00 bits per heavy atom. The van der Waals surface area contributed by atoms with Crippen LogP contribution in [0.5, 0.6) is 0 Å². The van der Waals surface area contributed by atoms with Gasteiger partial charge in [0, 0.05) is 33.7 Å². The van der Waals surface area contributed by atoms with Crippen LogP contribution in [-0.2, 0) is 11.3 Å². The van der Waals surface area contributed by atoms with Crippen LogP contribution in [0.15, 0.2) is 29.3 Å². The normalized spacial score (nSPS) is 15.4. The van der Waals surface area contributed by atoms with E-state index in [-0.39, 0.29) is 18.3 Å². The highest BCUT2D eigenvalue weighted by molar-refractivity contribution is 5.84. The molecule has 1 aliphatic rings. The van der Waals surface area contributed by atoms with E-state index >= 15 is 0 Å². The van der Waals surface area contributed by atoms with Crippen LogP contribution in [0.4, 0.5) is 4.39 Å². The minimum Gasteiger partial charge on any atom is -0.353 e. The summed E-state index contributed by atoms with van der Waals surface area (Å²) in [6.45, 7) is 0.641. The van der Waals surface area contributed by atoms with Crippen LogP contribution >= 0.6 is 0 Å². The lowest BCUT2D eigenvalue weighted by molar-refractivity contribution is -0.127. The number of amides is 1. The maximum absolute atomic E-state index is 13.4. The highest BCUT2D eigenvalue weighted by Gasteiger charge is 2.18. The molecule has 0 unspecified atom stereocenters. The van der Waals surface area contributed by atoms with Gasteiger partial charge in [-0.3, -0.25) is 4.79 Å². The summed E-state index contributed by atoms with van der Waals surface area (Å²) in [6.07, 6.45) is 4.67. The molecule has 1 N–H and O–H groups in total. The molecule has 0 heterocycles. The van der Waals surface area contributed by atoms with Crippen LogP contribution in [0, 0.1) is 5.82 Å². The Morgan fingerprint density at radius 1 is 1.29 bits per heavy atom. The summed E-state index contributed by atoms with van der Waals surface area (Å²) in [7, 11) is 5.35. The van der Waals surface area contributed by atoms with Crippen LogP contribution in [-0.4, -0.2) is 55.4 Å². The molecule has 1 aromatic rings. The van der Waals surface area contributed by atoms with Crippen molar-refractivity contribution in [3.63, 3.8) is 0 Å². The number of benzene rings is 1. The molecule has 2 rings (SSSR count). The molecule has 1 fully saturated rings. The van der Waals surface area contributed by atoms with Gasteiger partial charge in [0.2, 0.25) is 5.91 Å². The SMILES string of the molecule is CN(C)C(=O)CN=C(NC1CCCC1)N(C)Cc1cccc(F)c1. The zero-order chi connectivity index (χ0) is 17.5. The molecule has 1 saturated carbocycles. The number of halogens is 1. The molecule has 0 saturated heterocycles. The molecule has 6 heteroatoms. The molecule has 1 amide bonds. The molecule has 0 atom stereocenters. The number of hydrogen-bond donors (Lipinski definition) is 1. The second-order valence-electron chi connectivity index (χ2n) is 6.54. The molecule has 0 radical (unpaired) electrons. The van der Waals surface area contributed by atoms with Gasteiger partial charge in [-0.1, -0.05) is 25.0 Å². The topological polar surface area (TPSA) is 47.9 Å². The fourth-order valence-electron chi connectivity index (χ4n) is 2.80. The smallest absolute Gasteiger partial charge is 0.243 e. The van der Waals surface area contributed by atoms with Gasteiger partial charge in [-0.25, -0.2) is 9.38 Å². The van der Waals surface area contributed by atoms with Crippen molar-refractivity contribution < 1.29 is 9.18 Å². The number of nitrogens with zero attached hydrogens (tertiary/aromatic N) is 3. The maximum atomic E-state index is 13.4. The number of aliphatic imine (C=N–C) groups is 1. The van der Waals surface area contributed by atoms with Gasteiger partial charge in [0.1, 0.15) is 12.4 Å². The van der Waals surface area contributed by atoms with Crippen molar-refractivity contribution in [2.24, 2.45) is 4.99 Å². The monoisotopic (exact) mass is 334 g/mol. The summed E-state index contributed by atoms with van der Waals surface area (Å²) in [6, 6.07) is 6.94. The summed E-state index contributed by atoms with van der Waals surface area (Å²) in [5.74, 6) is 0.409. The van der Waals surface area contributed by atoms with Gasteiger partial charge in [-0.2, -0.15) is 0 Å².